The van der Waals surface area contributed by atoms with Gasteiger partial charge in [0.1, 0.15) is 29.8 Å². The first kappa shape index (κ1) is 71.1. The number of aromatic nitrogens is 2. The minimum atomic E-state index is -5.84. The molecule has 5 heterocycles. The molecular formula is C65H81BrF2N9O12PS2. The van der Waals surface area contributed by atoms with Crippen LogP contribution in [0.4, 0.5) is 14.5 Å². The third kappa shape index (κ3) is 17.7. The van der Waals surface area contributed by atoms with Crippen molar-refractivity contribution in [3.8, 4) is 10.4 Å². The number of nitrogens with one attached hydrogen (secondary N) is 4. The number of halogens is 3. The van der Waals surface area contributed by atoms with Crippen LogP contribution in [0.25, 0.3) is 20.5 Å². The maximum atomic E-state index is 14.7. The summed E-state index contributed by atoms with van der Waals surface area (Å²) in [5.74, 6) is -3.46. The molecule has 0 aliphatic carbocycles. The van der Waals surface area contributed by atoms with E-state index in [1.165, 1.54) is 38.2 Å². The first-order valence-corrected chi connectivity index (χ1v) is 35.0. The number of rotatable bonds is 28. The first-order chi connectivity index (χ1) is 43.5. The number of hydrogen-bond acceptors (Lipinski definition) is 14. The van der Waals surface area contributed by atoms with E-state index in [1.807, 2.05) is 45.0 Å². The second kappa shape index (κ2) is 31.0. The molecule has 2 saturated heterocycles. The van der Waals surface area contributed by atoms with Crippen LogP contribution in [0.2, 0.25) is 0 Å². The number of likely N-dealkylation sites (tertiary alicyclic amines) is 2. The summed E-state index contributed by atoms with van der Waals surface area (Å²) in [6.45, 7) is 13.8. The van der Waals surface area contributed by atoms with Gasteiger partial charge in [-0.2, -0.15) is 8.78 Å². The van der Waals surface area contributed by atoms with E-state index < -0.39 is 84.1 Å². The zero-order valence-electron chi connectivity index (χ0n) is 52.6. The fraction of sp³-hybridized carbons (Fsp3) is 0.492. The predicted octanol–water partition coefficient (Wildman–Crippen LogP) is 10.4. The number of unbranched alkanes of at least 4 members (excludes halogenated alkanes) is 5. The summed E-state index contributed by atoms with van der Waals surface area (Å²) in [5.41, 5.74) is -0.777. The van der Waals surface area contributed by atoms with Crippen LogP contribution in [-0.4, -0.2) is 133 Å². The van der Waals surface area contributed by atoms with Crippen LogP contribution in [0, 0.1) is 25.2 Å². The molecule has 8 rings (SSSR count). The Morgan fingerprint density at radius 3 is 2.11 bits per heavy atom. The Labute approximate surface area is 550 Å². The summed E-state index contributed by atoms with van der Waals surface area (Å²) in [4.78, 5) is 127. The molecule has 496 valence electrons. The van der Waals surface area contributed by atoms with E-state index in [9.17, 15) is 61.8 Å². The van der Waals surface area contributed by atoms with Crippen LogP contribution in [0.5, 0.6) is 0 Å². The quantitative estimate of drug-likeness (QED) is 0.0178. The van der Waals surface area contributed by atoms with Crippen molar-refractivity contribution in [1.82, 2.24) is 41.2 Å². The molecule has 3 aromatic heterocycles. The number of fused-ring (bicyclic) bond motifs is 1. The first-order valence-electron chi connectivity index (χ1n) is 30.9. The maximum absolute atomic E-state index is 14.7. The molecule has 2 aliphatic heterocycles. The number of aryl methyl sites for hydroxylation is 2. The normalized spacial score (nSPS) is 17.2. The molecule has 6 atom stereocenters. The molecule has 7 N–H and O–H groups in total. The van der Waals surface area contributed by atoms with Crippen molar-refractivity contribution in [2.75, 3.05) is 37.6 Å². The molecule has 2 aliphatic rings. The highest BCUT2D eigenvalue weighted by Gasteiger charge is 2.51. The number of carbonyl (C=O) groups excluding carboxylic acids is 7. The molecule has 0 radical (unpaired) electrons. The largest absolute Gasteiger partial charge is 0.399 e. The molecule has 92 heavy (non-hydrogen) atoms. The highest BCUT2D eigenvalue weighted by Crippen LogP contribution is 2.59. The molecule has 0 spiro atoms. The number of carbonyl (C=O) groups is 7. The Kier molecular flexibility index (Phi) is 23.9. The average Bonchev–Trinajstić information content (AvgIpc) is 1.80. The van der Waals surface area contributed by atoms with Gasteiger partial charge in [0.2, 0.25) is 35.4 Å². The molecule has 6 aromatic rings. The zero-order chi connectivity index (χ0) is 66.8. The van der Waals surface area contributed by atoms with E-state index in [2.05, 4.69) is 47.3 Å². The summed E-state index contributed by atoms with van der Waals surface area (Å²) in [7, 11) is -5.84. The van der Waals surface area contributed by atoms with Gasteiger partial charge in [0.25, 0.3) is 5.91 Å². The number of β-amino-alcohol motifs (C(OH)–C–C–N with tert-alkyl or cyclic N) is 1. The van der Waals surface area contributed by atoms with Crippen molar-refractivity contribution in [3.63, 3.8) is 0 Å². The highest BCUT2D eigenvalue weighted by atomic mass is 79.9. The average molecular weight is 1390 g/mol. The van der Waals surface area contributed by atoms with Gasteiger partial charge in [0.05, 0.1) is 45.2 Å². The van der Waals surface area contributed by atoms with E-state index in [1.54, 1.807) is 63.5 Å². The predicted molar refractivity (Wildman–Crippen MR) is 351 cm³/mol. The van der Waals surface area contributed by atoms with Crippen molar-refractivity contribution in [2.24, 2.45) is 11.3 Å². The molecule has 2 fully saturated rings. The van der Waals surface area contributed by atoms with Gasteiger partial charge in [-0.15, -0.1) is 22.7 Å². The van der Waals surface area contributed by atoms with Gasteiger partial charge in [-0.25, -0.2) is 4.98 Å². The fourth-order valence-electron chi connectivity index (χ4n) is 11.7. The lowest BCUT2D eigenvalue weighted by atomic mass is 9.85. The van der Waals surface area contributed by atoms with Crippen LogP contribution >= 0.6 is 46.2 Å². The van der Waals surface area contributed by atoms with Crippen molar-refractivity contribution in [3.05, 3.63) is 122 Å². The second-order valence-electron chi connectivity index (χ2n) is 25.1. The fourth-order valence-corrected chi connectivity index (χ4v) is 14.2. The van der Waals surface area contributed by atoms with Gasteiger partial charge in [0.15, 0.2) is 0 Å². The number of nitrogens with zero attached hydrogens (tertiary/aromatic N) is 5. The number of thiazole rings is 1. The third-order valence-corrected chi connectivity index (χ3v) is 20.3. The number of aliphatic hydroxyl groups excluding tert-OH is 1. The molecule has 0 saturated carbocycles. The third-order valence-electron chi connectivity index (χ3n) is 16.7. The Morgan fingerprint density at radius 1 is 0.837 bits per heavy atom. The van der Waals surface area contributed by atoms with Crippen LogP contribution in [0.15, 0.2) is 93.4 Å². The summed E-state index contributed by atoms with van der Waals surface area (Å²) >= 11 is 5.92. The van der Waals surface area contributed by atoms with E-state index in [0.29, 0.717) is 66.2 Å². The van der Waals surface area contributed by atoms with Gasteiger partial charge < -0.3 is 55.4 Å². The molecule has 3 aromatic carbocycles. The number of hydrogen-bond donors (Lipinski definition) is 7. The molecular weight excluding hydrogens is 1310 g/mol. The minimum Gasteiger partial charge on any atom is -0.391 e. The van der Waals surface area contributed by atoms with Crippen LogP contribution in [0.3, 0.4) is 0 Å². The molecule has 4 unspecified atom stereocenters. The van der Waals surface area contributed by atoms with Crippen molar-refractivity contribution in [1.29, 1.82) is 0 Å². The molecule has 27 heteroatoms. The number of anilines is 1. The van der Waals surface area contributed by atoms with Gasteiger partial charge >= 0.3 is 13.3 Å². The summed E-state index contributed by atoms with van der Waals surface area (Å²) in [6, 6.07) is 16.9. The lowest BCUT2D eigenvalue weighted by molar-refractivity contribution is -0.141. The Morgan fingerprint density at radius 2 is 1.50 bits per heavy atom. The Hall–Kier alpha value is -6.80. The molecule has 7 amide bonds. The van der Waals surface area contributed by atoms with Crippen molar-refractivity contribution >= 4 is 103 Å². The Balaban J connectivity index is 0.791. The number of alkyl halides is 2. The summed E-state index contributed by atoms with van der Waals surface area (Å²) in [5, 5.41) is 26.8. The van der Waals surface area contributed by atoms with Crippen LogP contribution in [-0.2, 0) is 39.0 Å². The van der Waals surface area contributed by atoms with E-state index in [0.717, 1.165) is 69.8 Å². The van der Waals surface area contributed by atoms with Crippen LogP contribution < -0.4 is 26.2 Å². The number of benzene rings is 3. The van der Waals surface area contributed by atoms with E-state index in [-0.39, 0.29) is 72.8 Å². The summed E-state index contributed by atoms with van der Waals surface area (Å²) < 4.78 is 47.4. The molecule has 21 nitrogen and oxygen atoms in total. The summed E-state index contributed by atoms with van der Waals surface area (Å²) in [6.07, 6.45) is 4.74. The van der Waals surface area contributed by atoms with E-state index in [4.69, 9.17) is 4.52 Å². The Bertz CT molecular complexity index is 3650. The number of aliphatic hydroxyl groups is 1. The zero-order valence-corrected chi connectivity index (χ0v) is 56.7. The van der Waals surface area contributed by atoms with Gasteiger partial charge in [0, 0.05) is 72.1 Å². The van der Waals surface area contributed by atoms with Crippen LogP contribution in [0.1, 0.15) is 155 Å². The minimum absolute atomic E-state index is 0.0158. The second-order valence-corrected chi connectivity index (χ2v) is 29.6. The SMILES string of the molecule is Cc1cc(C(C(=O)N2C[C@H](O)C[C@H]2C(=O)NC(CC(=O)NCCCCCCCCNC(=O)CCN(C(=O)C2CCCN2C(=O)C(NC(=O)c2cc3cc(C(F)(F)P(=O)(O)O)ccc3s2)C(C)(C)C)c2ccc(Br)cc2)c2ccc(-c3scnc3C)cc2)C(C)C)on1. The van der Waals surface area contributed by atoms with Crippen molar-refractivity contribution < 1.29 is 66.3 Å². The van der Waals surface area contributed by atoms with Crippen molar-refractivity contribution in [2.45, 2.75) is 161 Å². The van der Waals surface area contributed by atoms with Gasteiger partial charge in [-0.05, 0) is 110 Å². The molecule has 0 bridgehead atoms. The van der Waals surface area contributed by atoms with Gasteiger partial charge in [-0.3, -0.25) is 38.1 Å². The topological polar surface area (TPSA) is 294 Å². The monoisotopic (exact) mass is 1390 g/mol. The van der Waals surface area contributed by atoms with E-state index >= 15 is 0 Å². The number of thiophene rings is 1. The van der Waals surface area contributed by atoms with Gasteiger partial charge in [-0.1, -0.05) is 112 Å². The standard InChI is InChI=1S/C65H81BrF2N9O12PS2/c1-38(2)56(51-31-39(3)74-89-51)62(84)77-36-47(78)34-50(77)59(81)72-48(41-16-18-42(19-17-41)57-40(4)71-37-91-57)35-55(80)70-28-13-11-9-8-10-12-27-69-54(79)26-30-75(46-23-21-45(66)22-24-46)61(83)49-15-14-29-76(49)63(85)58(64(5,6)7)73-60(82)53-33-43-32-44(20-25-52(43)92-53)65(67,68)90(86,87)88/h16-25,31-33,37-38,47-50,56,58,78H,8-15,26-30,34-36H2,1-7H3,(H,69,79)(H,70,80)(H,72,81)(H,73,82)(H2,86,87,88)/t47-,48?,49?,50+,56?,58?/m1/s1. The smallest absolute Gasteiger partial charge is 0.391 e. The highest BCUT2D eigenvalue weighted by molar-refractivity contribution is 9.10. The lowest BCUT2D eigenvalue weighted by Crippen LogP contribution is -2.58. The lowest BCUT2D eigenvalue weighted by Gasteiger charge is -2.36. The maximum Gasteiger partial charge on any atom is 0.399 e. The number of amides is 7.